The molecule has 0 bridgehead atoms. The number of nitrogens with zero attached hydrogens (tertiary/aromatic N) is 1. The van der Waals surface area contributed by atoms with Gasteiger partial charge in [-0.2, -0.15) is 0 Å². The molecule has 3 nitrogen and oxygen atoms in total. The van der Waals surface area contributed by atoms with E-state index in [1.165, 1.54) is 12.8 Å². The highest BCUT2D eigenvalue weighted by Crippen LogP contribution is 2.27. The summed E-state index contributed by atoms with van der Waals surface area (Å²) in [5.74, 6) is 0.549. The minimum Gasteiger partial charge on any atom is -0.398 e. The molecule has 1 saturated carbocycles. The molecule has 18 heavy (non-hydrogen) atoms. The summed E-state index contributed by atoms with van der Waals surface area (Å²) >= 11 is 0. The Morgan fingerprint density at radius 3 is 2.61 bits per heavy atom. The van der Waals surface area contributed by atoms with E-state index in [-0.39, 0.29) is 5.92 Å². The fraction of sp³-hybridized carbons (Fsp3) is 0.533. The predicted molar refractivity (Wildman–Crippen MR) is 73.9 cm³/mol. The average molecular weight is 246 g/mol. The third-order valence-electron chi connectivity index (χ3n) is 3.81. The number of nitrogens with two attached hydrogens (primary N) is 1. The van der Waals surface area contributed by atoms with Crippen molar-refractivity contribution >= 4 is 11.6 Å². The lowest BCUT2D eigenvalue weighted by Gasteiger charge is -2.24. The van der Waals surface area contributed by atoms with Crippen LogP contribution < -0.4 is 5.73 Å². The summed E-state index contributed by atoms with van der Waals surface area (Å²) < 4.78 is 0. The minimum absolute atomic E-state index is 0.245. The zero-order valence-electron chi connectivity index (χ0n) is 11.1. The normalized spacial score (nSPS) is 15.8. The van der Waals surface area contributed by atoms with Crippen molar-refractivity contribution in [3.05, 3.63) is 29.8 Å². The first-order valence-corrected chi connectivity index (χ1v) is 6.84. The van der Waals surface area contributed by atoms with E-state index in [2.05, 4.69) is 0 Å². The highest BCUT2D eigenvalue weighted by Gasteiger charge is 2.26. The van der Waals surface area contributed by atoms with Crippen LogP contribution in [0.15, 0.2) is 24.3 Å². The van der Waals surface area contributed by atoms with Gasteiger partial charge in [0.05, 0.1) is 0 Å². The number of hydrogen-bond acceptors (Lipinski definition) is 2. The van der Waals surface area contributed by atoms with E-state index in [1.54, 1.807) is 0 Å². The van der Waals surface area contributed by atoms with Crippen LogP contribution in [-0.2, 0) is 11.3 Å². The second-order valence-corrected chi connectivity index (χ2v) is 5.03. The van der Waals surface area contributed by atoms with Crippen LogP contribution in [0.3, 0.4) is 0 Å². The van der Waals surface area contributed by atoms with Gasteiger partial charge in [-0.3, -0.25) is 4.79 Å². The van der Waals surface area contributed by atoms with E-state index in [0.29, 0.717) is 12.5 Å². The molecule has 1 aliphatic rings. The lowest BCUT2D eigenvalue weighted by Crippen LogP contribution is -2.34. The van der Waals surface area contributed by atoms with Crippen LogP contribution in [-0.4, -0.2) is 17.4 Å². The Morgan fingerprint density at radius 2 is 2.00 bits per heavy atom. The van der Waals surface area contributed by atoms with Crippen molar-refractivity contribution < 1.29 is 4.79 Å². The van der Waals surface area contributed by atoms with Gasteiger partial charge in [0.1, 0.15) is 0 Å². The third-order valence-corrected chi connectivity index (χ3v) is 3.81. The van der Waals surface area contributed by atoms with Gasteiger partial charge < -0.3 is 10.6 Å². The largest absolute Gasteiger partial charge is 0.398 e. The van der Waals surface area contributed by atoms with E-state index < -0.39 is 0 Å². The molecule has 0 aromatic heterocycles. The molecule has 98 valence electrons. The summed E-state index contributed by atoms with van der Waals surface area (Å²) in [6.07, 6.45) is 4.50. The number of benzene rings is 1. The van der Waals surface area contributed by atoms with Gasteiger partial charge in [0.25, 0.3) is 0 Å². The zero-order valence-corrected chi connectivity index (χ0v) is 11.1. The predicted octanol–water partition coefficient (Wildman–Crippen LogP) is 2.81. The number of amides is 1. The first kappa shape index (κ1) is 12.9. The Labute approximate surface area is 109 Å². The number of para-hydroxylation sites is 1. The van der Waals surface area contributed by atoms with Crippen molar-refractivity contribution in [1.82, 2.24) is 4.90 Å². The zero-order chi connectivity index (χ0) is 13.0. The van der Waals surface area contributed by atoms with Gasteiger partial charge in [0.15, 0.2) is 0 Å². The second kappa shape index (κ2) is 5.89. The van der Waals surface area contributed by atoms with Crippen LogP contribution >= 0.6 is 0 Å². The number of rotatable bonds is 4. The maximum absolute atomic E-state index is 12.4. The van der Waals surface area contributed by atoms with Gasteiger partial charge in [-0.25, -0.2) is 0 Å². The summed E-state index contributed by atoms with van der Waals surface area (Å²) in [7, 11) is 0. The molecule has 0 spiro atoms. The quantitative estimate of drug-likeness (QED) is 0.830. The van der Waals surface area contributed by atoms with Crippen molar-refractivity contribution in [2.75, 3.05) is 12.3 Å². The Balaban J connectivity index is 2.05. The lowest BCUT2D eigenvalue weighted by atomic mass is 10.1. The van der Waals surface area contributed by atoms with Gasteiger partial charge in [-0.15, -0.1) is 0 Å². The number of carbonyl (C=O) groups is 1. The van der Waals surface area contributed by atoms with E-state index in [0.717, 1.165) is 30.6 Å². The molecule has 1 fully saturated rings. The first-order valence-electron chi connectivity index (χ1n) is 6.84. The smallest absolute Gasteiger partial charge is 0.225 e. The van der Waals surface area contributed by atoms with Gasteiger partial charge in [-0.05, 0) is 31.4 Å². The van der Waals surface area contributed by atoms with Gasteiger partial charge in [0, 0.05) is 24.7 Å². The standard InChI is InChI=1S/C15H22N2O/c1-2-17(15(18)12-7-3-4-8-12)11-13-9-5-6-10-14(13)16/h5-6,9-10,12H,2-4,7-8,11,16H2,1H3. The molecular weight excluding hydrogens is 224 g/mol. The molecule has 0 radical (unpaired) electrons. The number of hydrogen-bond donors (Lipinski definition) is 1. The third kappa shape index (κ3) is 2.84. The van der Waals surface area contributed by atoms with E-state index in [4.69, 9.17) is 5.73 Å². The molecule has 1 amide bonds. The Hall–Kier alpha value is -1.51. The van der Waals surface area contributed by atoms with Crippen LogP contribution in [0.2, 0.25) is 0 Å². The monoisotopic (exact) mass is 246 g/mol. The molecule has 0 unspecified atom stereocenters. The highest BCUT2D eigenvalue weighted by molar-refractivity contribution is 5.79. The van der Waals surface area contributed by atoms with Crippen LogP contribution in [0.1, 0.15) is 38.2 Å². The SMILES string of the molecule is CCN(Cc1ccccc1N)C(=O)C1CCCC1. The second-order valence-electron chi connectivity index (χ2n) is 5.03. The van der Waals surface area contributed by atoms with Crippen LogP contribution in [0.5, 0.6) is 0 Å². The van der Waals surface area contributed by atoms with Gasteiger partial charge >= 0.3 is 0 Å². The molecule has 3 heteroatoms. The summed E-state index contributed by atoms with van der Waals surface area (Å²) in [4.78, 5) is 14.3. The highest BCUT2D eigenvalue weighted by atomic mass is 16.2. The Morgan fingerprint density at radius 1 is 1.33 bits per heavy atom. The van der Waals surface area contributed by atoms with Gasteiger partial charge in [0.2, 0.25) is 5.91 Å². The van der Waals surface area contributed by atoms with Crippen LogP contribution in [0.4, 0.5) is 5.69 Å². The summed E-state index contributed by atoms with van der Waals surface area (Å²) in [6.45, 7) is 3.42. The number of nitrogen functional groups attached to an aromatic ring is 1. The lowest BCUT2D eigenvalue weighted by molar-refractivity contribution is -0.135. The van der Waals surface area contributed by atoms with Crippen LogP contribution in [0, 0.1) is 5.92 Å². The average Bonchev–Trinajstić information content (AvgIpc) is 2.91. The number of carbonyl (C=O) groups excluding carboxylic acids is 1. The van der Waals surface area contributed by atoms with Crippen molar-refractivity contribution in [2.45, 2.75) is 39.2 Å². The first-order chi connectivity index (χ1) is 8.72. The maximum atomic E-state index is 12.4. The topological polar surface area (TPSA) is 46.3 Å². The Bertz CT molecular complexity index is 411. The molecule has 0 atom stereocenters. The van der Waals surface area contributed by atoms with E-state index in [1.807, 2.05) is 36.1 Å². The summed E-state index contributed by atoms with van der Waals surface area (Å²) in [5.41, 5.74) is 7.76. The van der Waals surface area contributed by atoms with Crippen molar-refractivity contribution in [3.63, 3.8) is 0 Å². The molecule has 1 aromatic carbocycles. The van der Waals surface area contributed by atoms with E-state index >= 15 is 0 Å². The van der Waals surface area contributed by atoms with Crippen molar-refractivity contribution in [2.24, 2.45) is 5.92 Å². The maximum Gasteiger partial charge on any atom is 0.225 e. The molecule has 0 aliphatic heterocycles. The fourth-order valence-electron chi connectivity index (χ4n) is 2.66. The summed E-state index contributed by atoms with van der Waals surface area (Å²) in [5, 5.41) is 0. The molecular formula is C15H22N2O. The molecule has 2 rings (SSSR count). The molecule has 1 aromatic rings. The molecule has 1 aliphatic carbocycles. The summed E-state index contributed by atoms with van der Waals surface area (Å²) in [6, 6.07) is 7.79. The molecule has 2 N–H and O–H groups in total. The minimum atomic E-state index is 0.245. The molecule has 0 saturated heterocycles. The van der Waals surface area contributed by atoms with E-state index in [9.17, 15) is 4.79 Å². The number of anilines is 1. The molecule has 0 heterocycles. The van der Waals surface area contributed by atoms with Crippen molar-refractivity contribution in [3.8, 4) is 0 Å². The van der Waals surface area contributed by atoms with Crippen LogP contribution in [0.25, 0.3) is 0 Å². The van der Waals surface area contributed by atoms with Gasteiger partial charge in [-0.1, -0.05) is 31.0 Å². The fourth-order valence-corrected chi connectivity index (χ4v) is 2.66. The Kier molecular flexibility index (Phi) is 4.24. The van der Waals surface area contributed by atoms with Crippen molar-refractivity contribution in [1.29, 1.82) is 0 Å².